The molecule has 1 aromatic carbocycles. The molecule has 0 amide bonds. The maximum atomic E-state index is 13.6. The first-order chi connectivity index (χ1) is 14.2. The monoisotopic (exact) mass is 420 g/mol. The fourth-order valence-corrected chi connectivity index (χ4v) is 3.07. The van der Waals surface area contributed by atoms with E-state index in [-0.39, 0.29) is 23.5 Å². The van der Waals surface area contributed by atoms with Gasteiger partial charge in [0, 0.05) is 12.1 Å². The minimum absolute atomic E-state index is 0.103. The van der Waals surface area contributed by atoms with Crippen molar-refractivity contribution in [2.75, 3.05) is 26.2 Å². The Hall–Kier alpha value is -2.94. The Kier molecular flexibility index (Phi) is 6.40. The molecule has 0 spiro atoms. The van der Waals surface area contributed by atoms with Gasteiger partial charge in [0.2, 0.25) is 0 Å². The maximum Gasteiger partial charge on any atom is 0.433 e. The van der Waals surface area contributed by atoms with E-state index in [0.717, 1.165) is 30.9 Å². The smallest absolute Gasteiger partial charge is 0.433 e. The molecule has 3 rings (SSSR count). The number of alkyl halides is 3. The van der Waals surface area contributed by atoms with Crippen LogP contribution < -0.4 is 0 Å². The van der Waals surface area contributed by atoms with Crippen LogP contribution in [-0.4, -0.2) is 51.7 Å². The van der Waals surface area contributed by atoms with E-state index in [0.29, 0.717) is 16.6 Å². The summed E-state index contributed by atoms with van der Waals surface area (Å²) in [7, 11) is 0. The average molecular weight is 420 g/mol. The van der Waals surface area contributed by atoms with E-state index in [1.807, 2.05) is 20.8 Å². The Bertz CT molecular complexity index is 1030. The first-order valence-electron chi connectivity index (χ1n) is 9.67. The van der Waals surface area contributed by atoms with Crippen LogP contribution in [0, 0.1) is 6.92 Å². The third-order valence-corrected chi connectivity index (χ3v) is 4.86. The Morgan fingerprint density at radius 1 is 1.17 bits per heavy atom. The molecule has 0 aliphatic carbocycles. The van der Waals surface area contributed by atoms with Crippen molar-refractivity contribution in [3.63, 3.8) is 0 Å². The van der Waals surface area contributed by atoms with Crippen LogP contribution in [0.5, 0.6) is 0 Å². The van der Waals surface area contributed by atoms with Gasteiger partial charge in [-0.25, -0.2) is 14.3 Å². The highest BCUT2D eigenvalue weighted by Crippen LogP contribution is 2.32. The number of aromatic nitrogens is 3. The lowest BCUT2D eigenvalue weighted by atomic mass is 10.1. The number of hydrogen-bond donors (Lipinski definition) is 0. The average Bonchev–Trinajstić information content (AvgIpc) is 3.14. The van der Waals surface area contributed by atoms with E-state index in [1.165, 1.54) is 0 Å². The maximum absolute atomic E-state index is 13.6. The SMILES string of the molecule is CCN(CC)CCOC(=O)c1cnn2c(C(F)(F)F)cc(-c3ccc(C)cc3)nc12. The van der Waals surface area contributed by atoms with Gasteiger partial charge in [0.25, 0.3) is 0 Å². The zero-order chi connectivity index (χ0) is 21.9. The summed E-state index contributed by atoms with van der Waals surface area (Å²) < 4.78 is 46.8. The Morgan fingerprint density at radius 2 is 1.83 bits per heavy atom. The number of carbonyl (C=O) groups excluding carboxylic acids is 1. The van der Waals surface area contributed by atoms with Crippen LogP contribution in [0.1, 0.15) is 35.5 Å². The molecule has 0 atom stereocenters. The number of halogens is 3. The molecule has 0 saturated heterocycles. The second-order valence-electron chi connectivity index (χ2n) is 6.85. The van der Waals surface area contributed by atoms with Crippen molar-refractivity contribution < 1.29 is 22.7 Å². The summed E-state index contributed by atoms with van der Waals surface area (Å²) in [6, 6.07) is 7.88. The molecule has 3 aromatic rings. The summed E-state index contributed by atoms with van der Waals surface area (Å²) in [4.78, 5) is 18.9. The lowest BCUT2D eigenvalue weighted by molar-refractivity contribution is -0.142. The fourth-order valence-electron chi connectivity index (χ4n) is 3.07. The first-order valence-corrected chi connectivity index (χ1v) is 9.67. The fraction of sp³-hybridized carbons (Fsp3) is 0.381. The highest BCUT2D eigenvalue weighted by atomic mass is 19.4. The van der Waals surface area contributed by atoms with Crippen LogP contribution in [0.4, 0.5) is 13.2 Å². The molecule has 0 radical (unpaired) electrons. The molecule has 0 bridgehead atoms. The predicted molar refractivity (Wildman–Crippen MR) is 106 cm³/mol. The molecule has 0 unspecified atom stereocenters. The molecule has 0 aliphatic rings. The highest BCUT2D eigenvalue weighted by Gasteiger charge is 2.36. The molecule has 0 fully saturated rings. The van der Waals surface area contributed by atoms with Crippen molar-refractivity contribution in [3.8, 4) is 11.3 Å². The van der Waals surface area contributed by atoms with Gasteiger partial charge < -0.3 is 9.64 Å². The van der Waals surface area contributed by atoms with Gasteiger partial charge in [-0.05, 0) is 26.1 Å². The van der Waals surface area contributed by atoms with Crippen molar-refractivity contribution in [1.82, 2.24) is 19.5 Å². The molecule has 30 heavy (non-hydrogen) atoms. The zero-order valence-corrected chi connectivity index (χ0v) is 17.0. The summed E-state index contributed by atoms with van der Waals surface area (Å²) in [5, 5.41) is 3.75. The lowest BCUT2D eigenvalue weighted by Gasteiger charge is -2.17. The van der Waals surface area contributed by atoms with E-state index in [2.05, 4.69) is 15.0 Å². The number of nitrogens with zero attached hydrogens (tertiary/aromatic N) is 4. The highest BCUT2D eigenvalue weighted by molar-refractivity contribution is 5.96. The van der Waals surface area contributed by atoms with Gasteiger partial charge >= 0.3 is 12.1 Å². The van der Waals surface area contributed by atoms with E-state index in [9.17, 15) is 18.0 Å². The number of benzene rings is 1. The van der Waals surface area contributed by atoms with Gasteiger partial charge in [-0.1, -0.05) is 43.7 Å². The van der Waals surface area contributed by atoms with E-state index < -0.39 is 17.8 Å². The Labute approximate surface area is 172 Å². The Balaban J connectivity index is 1.99. The number of carbonyl (C=O) groups is 1. The van der Waals surface area contributed by atoms with Crippen molar-refractivity contribution in [2.45, 2.75) is 26.9 Å². The summed E-state index contributed by atoms with van der Waals surface area (Å²) in [6.45, 7) is 8.14. The van der Waals surface area contributed by atoms with Crippen molar-refractivity contribution in [3.05, 3.63) is 53.3 Å². The van der Waals surface area contributed by atoms with Crippen LogP contribution in [-0.2, 0) is 10.9 Å². The van der Waals surface area contributed by atoms with Crippen molar-refractivity contribution >= 4 is 11.6 Å². The summed E-state index contributed by atoms with van der Waals surface area (Å²) >= 11 is 0. The Morgan fingerprint density at radius 3 is 2.43 bits per heavy atom. The minimum Gasteiger partial charge on any atom is -0.461 e. The van der Waals surface area contributed by atoms with Crippen LogP contribution in [0.3, 0.4) is 0 Å². The van der Waals surface area contributed by atoms with E-state index >= 15 is 0 Å². The third kappa shape index (κ3) is 4.62. The topological polar surface area (TPSA) is 59.7 Å². The molecule has 0 saturated carbocycles. The van der Waals surface area contributed by atoms with Gasteiger partial charge in [0.1, 0.15) is 12.2 Å². The molecule has 6 nitrogen and oxygen atoms in total. The number of likely N-dealkylation sites (N-methyl/N-ethyl adjacent to an activating group) is 1. The molecular formula is C21H23F3N4O2. The van der Waals surface area contributed by atoms with Crippen LogP contribution in [0.25, 0.3) is 16.9 Å². The molecule has 160 valence electrons. The largest absolute Gasteiger partial charge is 0.461 e. The number of ether oxygens (including phenoxy) is 1. The van der Waals surface area contributed by atoms with Gasteiger partial charge in [-0.15, -0.1) is 0 Å². The van der Waals surface area contributed by atoms with E-state index in [1.54, 1.807) is 24.3 Å². The number of fused-ring (bicyclic) bond motifs is 1. The number of hydrogen-bond acceptors (Lipinski definition) is 5. The molecule has 0 N–H and O–H groups in total. The molecule has 2 aromatic heterocycles. The van der Waals surface area contributed by atoms with Gasteiger partial charge in [-0.2, -0.15) is 18.3 Å². The standard InChI is InChI=1S/C21H23F3N4O2/c1-4-27(5-2)10-11-30-20(29)16-13-25-28-18(21(22,23)24)12-17(26-19(16)28)15-8-6-14(3)7-9-15/h6-9,12-13H,4-5,10-11H2,1-3H3. The summed E-state index contributed by atoms with van der Waals surface area (Å²) in [5.74, 6) is -0.751. The van der Waals surface area contributed by atoms with Crippen molar-refractivity contribution in [2.24, 2.45) is 0 Å². The number of esters is 1. The lowest BCUT2D eigenvalue weighted by Crippen LogP contribution is -2.27. The normalized spacial score (nSPS) is 12.0. The van der Waals surface area contributed by atoms with Gasteiger partial charge in [-0.3, -0.25) is 0 Å². The number of aryl methyl sites for hydroxylation is 1. The zero-order valence-electron chi connectivity index (χ0n) is 17.0. The first kappa shape index (κ1) is 21.8. The van der Waals surface area contributed by atoms with Crippen LogP contribution >= 0.6 is 0 Å². The summed E-state index contributed by atoms with van der Waals surface area (Å²) in [5.41, 5.74) is 0.286. The molecule has 2 heterocycles. The molecule has 9 heteroatoms. The second-order valence-corrected chi connectivity index (χ2v) is 6.85. The minimum atomic E-state index is -4.67. The van der Waals surface area contributed by atoms with Crippen LogP contribution in [0.15, 0.2) is 36.5 Å². The van der Waals surface area contributed by atoms with Crippen molar-refractivity contribution in [1.29, 1.82) is 0 Å². The number of rotatable bonds is 7. The predicted octanol–water partition coefficient (Wildman–Crippen LogP) is 4.22. The quantitative estimate of drug-likeness (QED) is 0.536. The molecule has 0 aliphatic heterocycles. The van der Waals surface area contributed by atoms with Gasteiger partial charge in [0.15, 0.2) is 11.3 Å². The van der Waals surface area contributed by atoms with Crippen LogP contribution in [0.2, 0.25) is 0 Å². The third-order valence-electron chi connectivity index (χ3n) is 4.86. The molecular weight excluding hydrogens is 397 g/mol. The van der Waals surface area contributed by atoms with Gasteiger partial charge in [0.05, 0.1) is 11.9 Å². The summed E-state index contributed by atoms with van der Waals surface area (Å²) in [6.07, 6.45) is -3.60. The van der Waals surface area contributed by atoms with E-state index in [4.69, 9.17) is 4.74 Å². The second kappa shape index (κ2) is 8.83.